The lowest BCUT2D eigenvalue weighted by Crippen LogP contribution is -2.24. The maximum absolute atomic E-state index is 12.0. The molecule has 0 aliphatic carbocycles. The zero-order valence-corrected chi connectivity index (χ0v) is 25.1. The van der Waals surface area contributed by atoms with Crippen molar-refractivity contribution in [3.63, 3.8) is 0 Å². The van der Waals surface area contributed by atoms with Crippen molar-refractivity contribution < 1.29 is 28.7 Å². The van der Waals surface area contributed by atoms with E-state index in [1.54, 1.807) is 37.0 Å². The standard InChI is InChI=1S/C15H20N4O2S.C11H12N2O4S/c1-6-21-13(20)11-9-12(19(18-11)15(2,3)4)10-7-8-16-14(17-10)22-5;1-3-17-10(16)9(15)6-8(14)7-4-5-12-11(13-7)18-2/h7-9H,6H2,1-5H3;4-5H,3,6H2,1-2H3. The highest BCUT2D eigenvalue weighted by molar-refractivity contribution is 7.98. The van der Waals surface area contributed by atoms with Crippen LogP contribution in [-0.4, -0.2) is 78.9 Å². The lowest BCUT2D eigenvalue weighted by molar-refractivity contribution is -0.153. The highest BCUT2D eigenvalue weighted by atomic mass is 32.2. The molecule has 0 aromatic carbocycles. The topological polar surface area (TPSA) is 156 Å². The zero-order chi connectivity index (χ0) is 29.9. The van der Waals surface area contributed by atoms with Crippen LogP contribution in [0.5, 0.6) is 0 Å². The van der Waals surface area contributed by atoms with Crippen molar-refractivity contribution in [1.82, 2.24) is 29.7 Å². The molecule has 0 aliphatic heterocycles. The van der Waals surface area contributed by atoms with Crippen LogP contribution in [-0.2, 0) is 24.6 Å². The fraction of sp³-hybridized carbons (Fsp3) is 0.423. The third kappa shape index (κ3) is 9.23. The Bertz CT molecular complexity index is 1360. The van der Waals surface area contributed by atoms with Gasteiger partial charge in [0.15, 0.2) is 21.8 Å². The van der Waals surface area contributed by atoms with E-state index in [-0.39, 0.29) is 23.5 Å². The zero-order valence-electron chi connectivity index (χ0n) is 23.5. The van der Waals surface area contributed by atoms with Gasteiger partial charge in [-0.15, -0.1) is 0 Å². The van der Waals surface area contributed by atoms with Gasteiger partial charge in [0.25, 0.3) is 0 Å². The van der Waals surface area contributed by atoms with Gasteiger partial charge in [0.05, 0.1) is 36.6 Å². The second-order valence-corrected chi connectivity index (χ2v) is 10.4. The number of carbonyl (C=O) groups is 4. The average Bonchev–Trinajstić information content (AvgIpc) is 3.40. The summed E-state index contributed by atoms with van der Waals surface area (Å²) in [5, 5.41) is 5.52. The number of thioether (sulfide) groups is 2. The Morgan fingerprint density at radius 3 is 2.05 bits per heavy atom. The molecule has 40 heavy (non-hydrogen) atoms. The normalized spacial score (nSPS) is 10.8. The lowest BCUT2D eigenvalue weighted by atomic mass is 10.1. The monoisotopic (exact) mass is 588 g/mol. The van der Waals surface area contributed by atoms with Gasteiger partial charge in [0, 0.05) is 18.5 Å². The molecule has 3 heterocycles. The van der Waals surface area contributed by atoms with Crippen molar-refractivity contribution in [3.8, 4) is 11.4 Å². The first kappa shape index (κ1) is 32.6. The minimum Gasteiger partial charge on any atom is -0.461 e. The van der Waals surface area contributed by atoms with E-state index in [2.05, 4.69) is 29.8 Å². The molecular formula is C26H32N6O6S2. The number of aromatic nitrogens is 6. The van der Waals surface area contributed by atoms with Crippen LogP contribution < -0.4 is 0 Å². The van der Waals surface area contributed by atoms with E-state index < -0.39 is 29.9 Å². The molecule has 3 aromatic heterocycles. The Hall–Kier alpha value is -3.65. The number of Topliss-reactive ketones (excluding diaryl/α,β-unsaturated/α-hetero) is 2. The Morgan fingerprint density at radius 2 is 1.48 bits per heavy atom. The van der Waals surface area contributed by atoms with Crippen molar-refractivity contribution in [2.24, 2.45) is 0 Å². The molecule has 12 nitrogen and oxygen atoms in total. The number of ketones is 2. The van der Waals surface area contributed by atoms with Crippen molar-refractivity contribution in [2.75, 3.05) is 25.7 Å². The fourth-order valence-electron chi connectivity index (χ4n) is 3.08. The molecule has 0 fully saturated rings. The molecule has 0 atom stereocenters. The number of carbonyl (C=O) groups excluding carboxylic acids is 4. The summed E-state index contributed by atoms with van der Waals surface area (Å²) in [7, 11) is 0. The van der Waals surface area contributed by atoms with Crippen LogP contribution in [0.2, 0.25) is 0 Å². The minimum absolute atomic E-state index is 0.100. The number of hydrogen-bond acceptors (Lipinski definition) is 13. The van der Waals surface area contributed by atoms with Gasteiger partial charge in [-0.2, -0.15) is 5.10 Å². The minimum atomic E-state index is -0.995. The van der Waals surface area contributed by atoms with E-state index in [1.807, 2.05) is 33.1 Å². The summed E-state index contributed by atoms with van der Waals surface area (Å²) in [6.07, 6.45) is 6.29. The quantitative estimate of drug-likeness (QED) is 0.0840. The summed E-state index contributed by atoms with van der Waals surface area (Å²) in [5.41, 5.74) is 1.62. The Morgan fingerprint density at radius 1 is 0.875 bits per heavy atom. The van der Waals surface area contributed by atoms with Gasteiger partial charge in [-0.3, -0.25) is 14.3 Å². The molecule has 0 N–H and O–H groups in total. The maximum Gasteiger partial charge on any atom is 0.375 e. The van der Waals surface area contributed by atoms with Gasteiger partial charge < -0.3 is 9.47 Å². The first-order chi connectivity index (χ1) is 18.9. The Balaban J connectivity index is 0.000000286. The van der Waals surface area contributed by atoms with E-state index in [0.29, 0.717) is 16.9 Å². The lowest BCUT2D eigenvalue weighted by Gasteiger charge is -2.22. The Kier molecular flexibility index (Phi) is 12.4. The summed E-state index contributed by atoms with van der Waals surface area (Å²) in [5.74, 6) is -2.81. The Labute approximate surface area is 241 Å². The smallest absolute Gasteiger partial charge is 0.375 e. The van der Waals surface area contributed by atoms with Crippen molar-refractivity contribution in [2.45, 2.75) is 56.9 Å². The first-order valence-corrected chi connectivity index (χ1v) is 14.6. The second kappa shape index (κ2) is 15.2. The molecule has 0 amide bonds. The van der Waals surface area contributed by atoms with Crippen molar-refractivity contribution >= 4 is 47.0 Å². The summed E-state index contributed by atoms with van der Waals surface area (Å²) in [6.45, 7) is 9.85. The van der Waals surface area contributed by atoms with E-state index >= 15 is 0 Å². The van der Waals surface area contributed by atoms with Crippen LogP contribution in [0.15, 0.2) is 40.9 Å². The van der Waals surface area contributed by atoms with Crippen LogP contribution in [0.1, 0.15) is 62.0 Å². The molecule has 0 saturated heterocycles. The number of esters is 2. The second-order valence-electron chi connectivity index (χ2n) is 8.82. The summed E-state index contributed by atoms with van der Waals surface area (Å²) >= 11 is 2.75. The molecule has 214 valence electrons. The van der Waals surface area contributed by atoms with Crippen molar-refractivity contribution in [1.29, 1.82) is 0 Å². The van der Waals surface area contributed by atoms with Gasteiger partial charge >= 0.3 is 11.9 Å². The molecule has 14 heteroatoms. The van der Waals surface area contributed by atoms with Crippen molar-refractivity contribution in [3.05, 3.63) is 42.0 Å². The number of rotatable bonds is 10. The van der Waals surface area contributed by atoms with E-state index in [4.69, 9.17) is 4.74 Å². The molecule has 0 aliphatic rings. The molecule has 0 bridgehead atoms. The predicted octanol–water partition coefficient (Wildman–Crippen LogP) is 3.90. The van der Waals surface area contributed by atoms with E-state index in [0.717, 1.165) is 11.4 Å². The largest absolute Gasteiger partial charge is 0.461 e. The summed E-state index contributed by atoms with van der Waals surface area (Å²) in [4.78, 5) is 62.6. The molecule has 0 radical (unpaired) electrons. The average molecular weight is 589 g/mol. The molecule has 3 rings (SSSR count). The van der Waals surface area contributed by atoms with Crippen LogP contribution in [0.3, 0.4) is 0 Å². The van der Waals surface area contributed by atoms with Crippen LogP contribution in [0.4, 0.5) is 0 Å². The van der Waals surface area contributed by atoms with Crippen LogP contribution in [0.25, 0.3) is 11.4 Å². The first-order valence-electron chi connectivity index (χ1n) is 12.2. The van der Waals surface area contributed by atoms with Gasteiger partial charge in [0.1, 0.15) is 5.69 Å². The van der Waals surface area contributed by atoms with Crippen LogP contribution >= 0.6 is 23.5 Å². The van der Waals surface area contributed by atoms with E-state index in [9.17, 15) is 19.2 Å². The fourth-order valence-corrected chi connectivity index (χ4v) is 3.79. The van der Waals surface area contributed by atoms with E-state index in [1.165, 1.54) is 35.8 Å². The molecule has 0 spiro atoms. The number of hydrogen-bond donors (Lipinski definition) is 0. The van der Waals surface area contributed by atoms with Gasteiger partial charge in [-0.1, -0.05) is 23.5 Å². The third-order valence-corrected chi connectivity index (χ3v) is 5.96. The highest BCUT2D eigenvalue weighted by Crippen LogP contribution is 2.26. The summed E-state index contributed by atoms with van der Waals surface area (Å²) in [6, 6.07) is 4.93. The maximum atomic E-state index is 12.0. The van der Waals surface area contributed by atoms with Gasteiger partial charge in [-0.05, 0) is 59.3 Å². The molecular weight excluding hydrogens is 556 g/mol. The van der Waals surface area contributed by atoms with Crippen LogP contribution in [0, 0.1) is 0 Å². The molecule has 0 unspecified atom stereocenters. The predicted molar refractivity (Wildman–Crippen MR) is 150 cm³/mol. The molecule has 3 aromatic rings. The van der Waals surface area contributed by atoms with Gasteiger partial charge in [-0.25, -0.2) is 29.5 Å². The highest BCUT2D eigenvalue weighted by Gasteiger charge is 2.24. The van der Waals surface area contributed by atoms with Gasteiger partial charge in [0.2, 0.25) is 5.78 Å². The molecule has 0 saturated carbocycles. The number of nitrogens with zero attached hydrogens (tertiary/aromatic N) is 6. The summed E-state index contributed by atoms with van der Waals surface area (Å²) < 4.78 is 11.3. The number of ether oxygens (including phenoxy) is 2. The SMILES string of the molecule is CCOC(=O)C(=O)CC(=O)c1ccnc(SC)n1.CCOC(=O)c1cc(-c2ccnc(SC)n2)n(C(C)(C)C)n1. The third-order valence-electron chi connectivity index (χ3n) is 4.83.